The minimum absolute atomic E-state index is 0.149. The molecule has 2 aromatic carbocycles. The molecule has 8 nitrogen and oxygen atoms in total. The molecule has 0 saturated carbocycles. The maximum atomic E-state index is 12.5. The predicted octanol–water partition coefficient (Wildman–Crippen LogP) is 2.63. The highest BCUT2D eigenvalue weighted by molar-refractivity contribution is 5.76. The molecule has 0 fully saturated rings. The molecule has 2 heterocycles. The van der Waals surface area contributed by atoms with E-state index in [1.54, 1.807) is 0 Å². The first-order chi connectivity index (χ1) is 15.2. The van der Waals surface area contributed by atoms with E-state index in [2.05, 4.69) is 44.7 Å². The molecule has 1 N–H and O–H groups in total. The van der Waals surface area contributed by atoms with E-state index in [-0.39, 0.29) is 24.2 Å². The molecule has 4 aromatic rings. The van der Waals surface area contributed by atoms with E-state index in [4.69, 9.17) is 4.52 Å². The molecule has 0 saturated heterocycles. The van der Waals surface area contributed by atoms with Crippen LogP contribution < -0.4 is 11.1 Å². The highest BCUT2D eigenvalue weighted by atomic mass is 16.5. The Balaban J connectivity index is 1.42. The molecule has 0 aliphatic carbocycles. The summed E-state index contributed by atoms with van der Waals surface area (Å²) in [5, 5.41) is 6.61. The topological polar surface area (TPSA) is 103 Å². The van der Waals surface area contributed by atoms with Crippen molar-refractivity contribution in [2.45, 2.75) is 18.9 Å². The fraction of sp³-hybridized carbons (Fsp3) is 0.174. The lowest BCUT2D eigenvalue weighted by Crippen LogP contribution is -2.32. The summed E-state index contributed by atoms with van der Waals surface area (Å²) in [6.45, 7) is 0.239. The number of hydrogen-bond donors (Lipinski definition) is 1. The number of carbonyl (C=O) groups excluding carboxylic acids is 1. The second-order valence-electron chi connectivity index (χ2n) is 6.96. The van der Waals surface area contributed by atoms with Crippen LogP contribution in [0.1, 0.15) is 23.5 Å². The zero-order valence-electron chi connectivity index (χ0n) is 16.7. The zero-order valence-corrected chi connectivity index (χ0v) is 16.7. The molecule has 2 aromatic heterocycles. The second kappa shape index (κ2) is 9.62. The molecule has 0 bridgehead atoms. The SMILES string of the molecule is O=C(Cn1c(-c2cnccn2)noc1=O)NCCC(c1ccccc1)c1ccccc1. The molecular weight excluding hydrogens is 394 g/mol. The van der Waals surface area contributed by atoms with Crippen LogP contribution in [0, 0.1) is 0 Å². The Kier molecular flexibility index (Phi) is 6.27. The van der Waals surface area contributed by atoms with E-state index in [9.17, 15) is 9.59 Å². The number of carbonyl (C=O) groups is 1. The van der Waals surface area contributed by atoms with E-state index < -0.39 is 5.76 Å². The molecule has 0 aliphatic rings. The van der Waals surface area contributed by atoms with Gasteiger partial charge in [-0.05, 0) is 17.5 Å². The molecule has 31 heavy (non-hydrogen) atoms. The largest absolute Gasteiger partial charge is 0.442 e. The number of aromatic nitrogens is 4. The number of benzene rings is 2. The summed E-state index contributed by atoms with van der Waals surface area (Å²) in [5.41, 5.74) is 2.72. The lowest BCUT2D eigenvalue weighted by molar-refractivity contribution is -0.121. The third-order valence-electron chi connectivity index (χ3n) is 4.94. The predicted molar refractivity (Wildman–Crippen MR) is 114 cm³/mol. The van der Waals surface area contributed by atoms with Crippen molar-refractivity contribution in [1.29, 1.82) is 0 Å². The monoisotopic (exact) mass is 415 g/mol. The average molecular weight is 415 g/mol. The Morgan fingerprint density at radius 3 is 2.29 bits per heavy atom. The van der Waals surface area contributed by atoms with Crippen LogP contribution in [0.4, 0.5) is 0 Å². The van der Waals surface area contributed by atoms with Gasteiger partial charge in [0, 0.05) is 24.9 Å². The molecule has 0 atom stereocenters. The lowest BCUT2D eigenvalue weighted by atomic mass is 9.88. The first-order valence-electron chi connectivity index (χ1n) is 9.92. The zero-order chi connectivity index (χ0) is 21.5. The Bertz CT molecular complexity index is 1130. The van der Waals surface area contributed by atoms with Crippen molar-refractivity contribution < 1.29 is 9.32 Å². The van der Waals surface area contributed by atoms with Crippen LogP contribution in [-0.4, -0.2) is 32.1 Å². The third-order valence-corrected chi connectivity index (χ3v) is 4.94. The van der Waals surface area contributed by atoms with Gasteiger partial charge in [-0.15, -0.1) is 0 Å². The molecule has 0 radical (unpaired) electrons. The molecular formula is C23H21N5O3. The number of amides is 1. The standard InChI is InChI=1S/C23H21N5O3/c29-21(16-28-22(27-31-23(28)30)20-15-24-13-14-25-20)26-12-11-19(17-7-3-1-4-8-17)18-9-5-2-6-10-18/h1-10,13-15,19H,11-12,16H2,(H,26,29). The number of rotatable bonds is 8. The van der Waals surface area contributed by atoms with Gasteiger partial charge in [0.05, 0.1) is 6.20 Å². The van der Waals surface area contributed by atoms with Gasteiger partial charge in [0.2, 0.25) is 11.7 Å². The molecule has 1 amide bonds. The summed E-state index contributed by atoms with van der Waals surface area (Å²) in [6.07, 6.45) is 5.16. The smallest absolute Gasteiger partial charge is 0.355 e. The second-order valence-corrected chi connectivity index (χ2v) is 6.96. The van der Waals surface area contributed by atoms with Gasteiger partial charge in [0.15, 0.2) is 0 Å². The Labute approximate surface area is 178 Å². The first kappa shape index (κ1) is 20.2. The number of nitrogens with one attached hydrogen (secondary N) is 1. The van der Waals surface area contributed by atoms with Crippen molar-refractivity contribution in [3.8, 4) is 11.5 Å². The fourth-order valence-corrected chi connectivity index (χ4v) is 3.46. The number of nitrogens with zero attached hydrogens (tertiary/aromatic N) is 4. The van der Waals surface area contributed by atoms with Gasteiger partial charge in [0.1, 0.15) is 12.2 Å². The summed E-state index contributed by atoms with van der Waals surface area (Å²) >= 11 is 0. The maximum Gasteiger partial charge on any atom is 0.442 e. The molecule has 156 valence electrons. The molecule has 0 aliphatic heterocycles. The van der Waals surface area contributed by atoms with E-state index in [0.717, 1.165) is 11.0 Å². The first-order valence-corrected chi connectivity index (χ1v) is 9.92. The summed E-state index contributed by atoms with van der Waals surface area (Å²) in [4.78, 5) is 32.6. The van der Waals surface area contributed by atoms with Crippen LogP contribution >= 0.6 is 0 Å². The van der Waals surface area contributed by atoms with Gasteiger partial charge in [-0.25, -0.2) is 14.3 Å². The van der Waals surface area contributed by atoms with Crippen LogP contribution in [0.25, 0.3) is 11.5 Å². The van der Waals surface area contributed by atoms with Gasteiger partial charge in [-0.1, -0.05) is 65.8 Å². The van der Waals surface area contributed by atoms with Crippen molar-refractivity contribution in [2.75, 3.05) is 6.54 Å². The Morgan fingerprint density at radius 1 is 1.00 bits per heavy atom. The lowest BCUT2D eigenvalue weighted by Gasteiger charge is -2.18. The molecule has 0 spiro atoms. The minimum Gasteiger partial charge on any atom is -0.355 e. The Morgan fingerprint density at radius 2 is 1.68 bits per heavy atom. The van der Waals surface area contributed by atoms with Crippen LogP contribution in [-0.2, 0) is 11.3 Å². The summed E-state index contributed by atoms with van der Waals surface area (Å²) in [5.74, 6) is -0.714. The van der Waals surface area contributed by atoms with E-state index >= 15 is 0 Å². The molecule has 8 heteroatoms. The van der Waals surface area contributed by atoms with Crippen molar-refractivity contribution >= 4 is 5.91 Å². The summed E-state index contributed by atoms with van der Waals surface area (Å²) < 4.78 is 5.86. The van der Waals surface area contributed by atoms with Crippen molar-refractivity contribution in [3.05, 3.63) is 101 Å². The molecule has 4 rings (SSSR count). The average Bonchev–Trinajstić information content (AvgIpc) is 3.18. The minimum atomic E-state index is -0.720. The maximum absolute atomic E-state index is 12.5. The van der Waals surface area contributed by atoms with Crippen molar-refractivity contribution in [2.24, 2.45) is 0 Å². The van der Waals surface area contributed by atoms with Crippen LogP contribution in [0.2, 0.25) is 0 Å². The summed E-state index contributed by atoms with van der Waals surface area (Å²) in [7, 11) is 0. The highest BCUT2D eigenvalue weighted by Crippen LogP contribution is 2.27. The van der Waals surface area contributed by atoms with E-state index in [0.29, 0.717) is 12.2 Å². The number of hydrogen-bond acceptors (Lipinski definition) is 6. The van der Waals surface area contributed by atoms with Gasteiger partial charge >= 0.3 is 5.76 Å². The van der Waals surface area contributed by atoms with Gasteiger partial charge in [-0.3, -0.25) is 14.3 Å². The van der Waals surface area contributed by atoms with Crippen LogP contribution in [0.5, 0.6) is 0 Å². The summed E-state index contributed by atoms with van der Waals surface area (Å²) in [6, 6.07) is 20.4. The normalized spacial score (nSPS) is 10.9. The van der Waals surface area contributed by atoms with E-state index in [1.807, 2.05) is 36.4 Å². The van der Waals surface area contributed by atoms with Gasteiger partial charge in [0.25, 0.3) is 0 Å². The van der Waals surface area contributed by atoms with Gasteiger partial charge in [-0.2, -0.15) is 0 Å². The van der Waals surface area contributed by atoms with Crippen LogP contribution in [0.15, 0.2) is 88.6 Å². The van der Waals surface area contributed by atoms with Crippen LogP contribution in [0.3, 0.4) is 0 Å². The quantitative estimate of drug-likeness (QED) is 0.475. The van der Waals surface area contributed by atoms with Crippen molar-refractivity contribution in [3.63, 3.8) is 0 Å². The molecule has 0 unspecified atom stereocenters. The third kappa shape index (κ3) is 4.92. The van der Waals surface area contributed by atoms with Crippen molar-refractivity contribution in [1.82, 2.24) is 25.0 Å². The fourth-order valence-electron chi connectivity index (χ4n) is 3.46. The van der Waals surface area contributed by atoms with Gasteiger partial charge < -0.3 is 5.32 Å². The Hall–Kier alpha value is -4.07. The van der Waals surface area contributed by atoms with E-state index in [1.165, 1.54) is 29.7 Å². The highest BCUT2D eigenvalue weighted by Gasteiger charge is 2.18.